The van der Waals surface area contributed by atoms with Crippen LogP contribution in [0.2, 0.25) is 0 Å². The molecule has 0 saturated heterocycles. The monoisotopic (exact) mass is 328 g/mol. The molecule has 0 aliphatic heterocycles. The molecular weight excluding hydrogens is 324 g/mol. The van der Waals surface area contributed by atoms with Crippen LogP contribution < -0.4 is 0 Å². The van der Waals surface area contributed by atoms with Crippen LogP contribution in [0, 0.1) is 14.9 Å². The molecule has 1 aromatic heterocycles. The topological polar surface area (TPSA) is 36.7 Å². The second-order valence-electron chi connectivity index (χ2n) is 2.41. The lowest BCUT2D eigenvalue weighted by Gasteiger charge is -2.06. The fourth-order valence-corrected chi connectivity index (χ4v) is 1.75. The molecule has 74 valence electrons. The molecule has 0 radical (unpaired) electrons. The summed E-state index contributed by atoms with van der Waals surface area (Å²) in [6, 6.07) is 3.21. The zero-order valence-corrected chi connectivity index (χ0v) is 9.68. The first-order chi connectivity index (χ1) is 6.60. The number of alkyl halides is 3. The highest BCUT2D eigenvalue weighted by molar-refractivity contribution is 14.1. The van der Waals surface area contributed by atoms with Gasteiger partial charge in [0.15, 0.2) is 5.69 Å². The number of rotatable bonds is 2. The average molecular weight is 328 g/mol. The summed E-state index contributed by atoms with van der Waals surface area (Å²) in [5.74, 6) is -0.0333. The molecule has 0 aliphatic carbocycles. The molecule has 2 nitrogen and oxygen atoms in total. The van der Waals surface area contributed by atoms with Crippen LogP contribution in [0.15, 0.2) is 6.07 Å². The van der Waals surface area contributed by atoms with E-state index in [9.17, 15) is 8.78 Å². The minimum Gasteiger partial charge on any atom is -0.235 e. The molecular formula is C8H4ClF2IN2. The molecule has 0 N–H and O–H groups in total. The van der Waals surface area contributed by atoms with E-state index in [1.165, 1.54) is 6.07 Å². The van der Waals surface area contributed by atoms with Gasteiger partial charge >= 0.3 is 0 Å². The van der Waals surface area contributed by atoms with Crippen LogP contribution in [0.1, 0.15) is 23.4 Å². The summed E-state index contributed by atoms with van der Waals surface area (Å²) in [6.45, 7) is 0. The largest absolute Gasteiger partial charge is 0.280 e. The minimum atomic E-state index is -2.70. The summed E-state index contributed by atoms with van der Waals surface area (Å²) in [5, 5.41) is 8.59. The Morgan fingerprint density at radius 2 is 2.29 bits per heavy atom. The molecule has 6 heteroatoms. The first kappa shape index (κ1) is 11.6. The Labute approximate surface area is 98.0 Å². The first-order valence-electron chi connectivity index (χ1n) is 3.53. The maximum absolute atomic E-state index is 12.4. The van der Waals surface area contributed by atoms with Crippen LogP contribution in [0.25, 0.3) is 0 Å². The maximum atomic E-state index is 12.4. The molecule has 0 aromatic carbocycles. The summed E-state index contributed by atoms with van der Waals surface area (Å²) in [4.78, 5) is 3.56. The second kappa shape index (κ2) is 4.84. The first-order valence-corrected chi connectivity index (χ1v) is 5.15. The number of pyridine rings is 1. The van der Waals surface area contributed by atoms with Crippen LogP contribution in [0.3, 0.4) is 0 Å². The van der Waals surface area contributed by atoms with E-state index in [2.05, 4.69) is 4.98 Å². The molecule has 1 heterocycles. The van der Waals surface area contributed by atoms with Gasteiger partial charge in [0, 0.05) is 9.45 Å². The Hall–Kier alpha value is -0.480. The number of hydrogen-bond acceptors (Lipinski definition) is 2. The average Bonchev–Trinajstić information content (AvgIpc) is 2.16. The van der Waals surface area contributed by atoms with Crippen molar-refractivity contribution in [2.45, 2.75) is 12.3 Å². The SMILES string of the molecule is N#Cc1nc(C(F)F)c(CCl)cc1I. The third-order valence-corrected chi connectivity index (χ3v) is 2.66. The molecule has 0 aliphatic rings. The highest BCUT2D eigenvalue weighted by Crippen LogP contribution is 2.25. The summed E-state index contributed by atoms with van der Waals surface area (Å²) < 4.78 is 25.4. The lowest BCUT2D eigenvalue weighted by molar-refractivity contribution is 0.145. The second-order valence-corrected chi connectivity index (χ2v) is 3.84. The highest BCUT2D eigenvalue weighted by Gasteiger charge is 2.17. The van der Waals surface area contributed by atoms with E-state index in [0.29, 0.717) is 3.57 Å². The van der Waals surface area contributed by atoms with Crippen molar-refractivity contribution in [2.24, 2.45) is 0 Å². The van der Waals surface area contributed by atoms with Crippen LogP contribution in [0.4, 0.5) is 8.78 Å². The van der Waals surface area contributed by atoms with Gasteiger partial charge in [-0.2, -0.15) is 5.26 Å². The summed E-state index contributed by atoms with van der Waals surface area (Å²) >= 11 is 7.34. The maximum Gasteiger partial charge on any atom is 0.280 e. The Kier molecular flexibility index (Phi) is 4.01. The fourth-order valence-electron chi connectivity index (χ4n) is 0.915. The molecule has 0 fully saturated rings. The van der Waals surface area contributed by atoms with E-state index in [-0.39, 0.29) is 17.1 Å². The van der Waals surface area contributed by atoms with Gasteiger partial charge in [-0.25, -0.2) is 13.8 Å². The van der Waals surface area contributed by atoms with Gasteiger partial charge < -0.3 is 0 Å². The number of aromatic nitrogens is 1. The third-order valence-electron chi connectivity index (χ3n) is 1.55. The fraction of sp³-hybridized carbons (Fsp3) is 0.250. The summed E-state index contributed by atoms with van der Waals surface area (Å²) in [5.41, 5.74) is -0.128. The minimum absolute atomic E-state index is 0.00904. The number of hydrogen-bond donors (Lipinski definition) is 0. The van der Waals surface area contributed by atoms with Crippen molar-refractivity contribution in [3.63, 3.8) is 0 Å². The molecule has 1 rings (SSSR count). The Morgan fingerprint density at radius 3 is 2.71 bits per heavy atom. The number of halogens is 4. The summed E-state index contributed by atoms with van der Waals surface area (Å²) in [7, 11) is 0. The Bertz CT molecular complexity index is 390. The van der Waals surface area contributed by atoms with Crippen molar-refractivity contribution >= 4 is 34.2 Å². The van der Waals surface area contributed by atoms with Crippen LogP contribution >= 0.6 is 34.2 Å². The van der Waals surface area contributed by atoms with Gasteiger partial charge in [-0.3, -0.25) is 0 Å². The van der Waals surface area contributed by atoms with E-state index in [0.717, 1.165) is 0 Å². The van der Waals surface area contributed by atoms with E-state index in [1.807, 2.05) is 22.6 Å². The zero-order chi connectivity index (χ0) is 10.7. The Balaban J connectivity index is 3.34. The third kappa shape index (κ3) is 2.30. The van der Waals surface area contributed by atoms with Crippen LogP contribution in [0.5, 0.6) is 0 Å². The quantitative estimate of drug-likeness (QED) is 0.617. The van der Waals surface area contributed by atoms with E-state index < -0.39 is 12.1 Å². The van der Waals surface area contributed by atoms with Crippen LogP contribution in [-0.4, -0.2) is 4.98 Å². The Morgan fingerprint density at radius 1 is 1.64 bits per heavy atom. The van der Waals surface area contributed by atoms with Crippen molar-refractivity contribution in [1.29, 1.82) is 5.26 Å². The molecule has 0 bridgehead atoms. The van der Waals surface area contributed by atoms with Gasteiger partial charge in [0.05, 0.1) is 0 Å². The zero-order valence-electron chi connectivity index (χ0n) is 6.77. The van der Waals surface area contributed by atoms with Crippen molar-refractivity contribution in [3.8, 4) is 6.07 Å². The molecule has 0 spiro atoms. The van der Waals surface area contributed by atoms with Gasteiger partial charge in [0.25, 0.3) is 6.43 Å². The lowest BCUT2D eigenvalue weighted by Crippen LogP contribution is -2.01. The molecule has 14 heavy (non-hydrogen) atoms. The molecule has 0 unspecified atom stereocenters. The lowest BCUT2D eigenvalue weighted by atomic mass is 10.2. The predicted molar refractivity (Wildman–Crippen MR) is 56.2 cm³/mol. The van der Waals surface area contributed by atoms with E-state index in [1.54, 1.807) is 6.07 Å². The van der Waals surface area contributed by atoms with Crippen molar-refractivity contribution in [3.05, 3.63) is 26.6 Å². The predicted octanol–water partition coefficient (Wildman–Crippen LogP) is 3.23. The molecule has 0 saturated carbocycles. The summed E-state index contributed by atoms with van der Waals surface area (Å²) in [6.07, 6.45) is -2.70. The van der Waals surface area contributed by atoms with Gasteiger partial charge in [0.2, 0.25) is 0 Å². The van der Waals surface area contributed by atoms with Gasteiger partial charge in [-0.15, -0.1) is 11.6 Å². The molecule has 0 atom stereocenters. The molecule has 0 amide bonds. The van der Waals surface area contributed by atoms with E-state index >= 15 is 0 Å². The highest BCUT2D eigenvalue weighted by atomic mass is 127. The smallest absolute Gasteiger partial charge is 0.235 e. The normalized spacial score (nSPS) is 10.3. The van der Waals surface area contributed by atoms with Crippen LogP contribution in [-0.2, 0) is 5.88 Å². The van der Waals surface area contributed by atoms with Crippen molar-refractivity contribution in [2.75, 3.05) is 0 Å². The molecule has 1 aromatic rings. The standard InChI is InChI=1S/C8H4ClF2IN2/c9-2-4-1-5(12)6(3-13)14-7(4)8(10)11/h1,8H,2H2. The van der Waals surface area contributed by atoms with Gasteiger partial charge in [-0.05, 0) is 34.2 Å². The van der Waals surface area contributed by atoms with Gasteiger partial charge in [-0.1, -0.05) is 0 Å². The number of nitrogens with zero attached hydrogens (tertiary/aromatic N) is 2. The van der Waals surface area contributed by atoms with Crippen molar-refractivity contribution in [1.82, 2.24) is 4.98 Å². The van der Waals surface area contributed by atoms with Crippen molar-refractivity contribution < 1.29 is 8.78 Å². The van der Waals surface area contributed by atoms with Gasteiger partial charge in [0.1, 0.15) is 11.8 Å². The van der Waals surface area contributed by atoms with E-state index in [4.69, 9.17) is 16.9 Å². The number of nitriles is 1.